The van der Waals surface area contributed by atoms with Crippen LogP contribution in [0.2, 0.25) is 0 Å². The fourth-order valence-corrected chi connectivity index (χ4v) is 2.67. The number of hydrogen-bond acceptors (Lipinski definition) is 5. The molecular weight excluding hydrogens is 395 g/mol. The molecule has 0 amide bonds. The molecule has 30 heavy (non-hydrogen) atoms. The van der Waals surface area contributed by atoms with E-state index < -0.39 is 17.7 Å². The highest BCUT2D eigenvalue weighted by molar-refractivity contribution is 6.08. The molecule has 1 aromatic carbocycles. The molecular formula is C22H30F3N3O2. The predicted octanol–water partition coefficient (Wildman–Crippen LogP) is 5.93. The monoisotopic (exact) mass is 425 g/mol. The number of alkyl halides is 3. The summed E-state index contributed by atoms with van der Waals surface area (Å²) in [6, 6.07) is 6.68. The molecule has 0 aliphatic heterocycles. The standard InChI is InChI=1S/C18H18F3N3O2.2C2H6/c1-2-26-17(25)16(23)14-7-6-11(10-22)8-15(14)24-13-5-3-4-12(9-13)18(19,20)21;2*1-2/h3-5,9,11H,2,6-8,23H2,1H3;2*1-2H3/b16-14-,24-15?;;. The van der Waals surface area contributed by atoms with Crippen LogP contribution in [0, 0.1) is 17.2 Å². The number of rotatable bonds is 3. The number of halogens is 3. The molecule has 5 nitrogen and oxygen atoms in total. The first-order chi connectivity index (χ1) is 14.3. The van der Waals surface area contributed by atoms with Gasteiger partial charge in [0, 0.05) is 17.7 Å². The van der Waals surface area contributed by atoms with Crippen molar-refractivity contribution in [2.45, 2.75) is 60.1 Å². The Balaban J connectivity index is 0.00000198. The van der Waals surface area contributed by atoms with E-state index in [0.717, 1.165) is 12.1 Å². The minimum Gasteiger partial charge on any atom is -0.461 e. The predicted molar refractivity (Wildman–Crippen MR) is 112 cm³/mol. The minimum atomic E-state index is -4.49. The SMILES string of the molecule is CC.CC.CCOC(=O)/C(N)=C1\CCC(C#N)CC1=Nc1cccc(C(F)(F)F)c1. The largest absolute Gasteiger partial charge is 0.461 e. The first kappa shape index (κ1) is 27.2. The molecule has 1 unspecified atom stereocenters. The molecule has 0 spiro atoms. The smallest absolute Gasteiger partial charge is 0.416 e. The van der Waals surface area contributed by atoms with Gasteiger partial charge in [-0.25, -0.2) is 4.79 Å². The van der Waals surface area contributed by atoms with Crippen LogP contribution in [-0.4, -0.2) is 18.3 Å². The number of nitriles is 1. The summed E-state index contributed by atoms with van der Waals surface area (Å²) in [5, 5.41) is 9.15. The third-order valence-corrected chi connectivity index (χ3v) is 3.97. The highest BCUT2D eigenvalue weighted by Crippen LogP contribution is 2.33. The van der Waals surface area contributed by atoms with Gasteiger partial charge >= 0.3 is 12.1 Å². The first-order valence-electron chi connectivity index (χ1n) is 10.1. The third kappa shape index (κ3) is 7.90. The van der Waals surface area contributed by atoms with E-state index in [1.165, 1.54) is 12.1 Å². The van der Waals surface area contributed by atoms with Crippen LogP contribution in [0.1, 0.15) is 59.4 Å². The third-order valence-electron chi connectivity index (χ3n) is 3.97. The molecule has 1 aliphatic carbocycles. The Labute approximate surface area is 176 Å². The van der Waals surface area contributed by atoms with Gasteiger partial charge in [0.2, 0.25) is 0 Å². The van der Waals surface area contributed by atoms with Crippen molar-refractivity contribution >= 4 is 17.4 Å². The maximum absolute atomic E-state index is 12.9. The molecule has 166 valence electrons. The summed E-state index contributed by atoms with van der Waals surface area (Å²) in [6.07, 6.45) is -3.45. The zero-order chi connectivity index (χ0) is 23.3. The van der Waals surface area contributed by atoms with Gasteiger partial charge in [-0.15, -0.1) is 0 Å². The minimum absolute atomic E-state index is 0.0857. The highest BCUT2D eigenvalue weighted by Gasteiger charge is 2.31. The molecule has 1 aliphatic rings. The van der Waals surface area contributed by atoms with Crippen LogP contribution >= 0.6 is 0 Å². The fraction of sp³-hybridized carbons (Fsp3) is 0.500. The molecule has 1 atom stereocenters. The quantitative estimate of drug-likeness (QED) is 0.480. The lowest BCUT2D eigenvalue weighted by atomic mass is 9.84. The molecule has 1 aromatic rings. The highest BCUT2D eigenvalue weighted by atomic mass is 19.4. The van der Waals surface area contributed by atoms with Gasteiger partial charge in [-0.05, 0) is 38.0 Å². The van der Waals surface area contributed by atoms with Crippen LogP contribution in [0.15, 0.2) is 40.5 Å². The van der Waals surface area contributed by atoms with Crippen molar-refractivity contribution in [3.8, 4) is 6.07 Å². The average Bonchev–Trinajstić information content (AvgIpc) is 2.76. The van der Waals surface area contributed by atoms with Crippen molar-refractivity contribution in [3.63, 3.8) is 0 Å². The molecule has 0 radical (unpaired) electrons. The Morgan fingerprint density at radius 2 is 1.93 bits per heavy atom. The van der Waals surface area contributed by atoms with Crippen molar-refractivity contribution in [1.29, 1.82) is 5.26 Å². The second-order valence-corrected chi connectivity index (χ2v) is 5.79. The van der Waals surface area contributed by atoms with Crippen molar-refractivity contribution in [2.24, 2.45) is 16.6 Å². The molecule has 1 saturated carbocycles. The second kappa shape index (κ2) is 13.4. The van der Waals surface area contributed by atoms with Crippen molar-refractivity contribution in [2.75, 3.05) is 6.61 Å². The van der Waals surface area contributed by atoms with Crippen LogP contribution < -0.4 is 5.73 Å². The van der Waals surface area contributed by atoms with Gasteiger partial charge in [-0.3, -0.25) is 4.99 Å². The maximum Gasteiger partial charge on any atom is 0.416 e. The van der Waals surface area contributed by atoms with Crippen LogP contribution in [0.4, 0.5) is 18.9 Å². The number of carbonyl (C=O) groups excluding carboxylic acids is 1. The summed E-state index contributed by atoms with van der Waals surface area (Å²) >= 11 is 0. The van der Waals surface area contributed by atoms with Crippen LogP contribution in [0.5, 0.6) is 0 Å². The summed E-state index contributed by atoms with van der Waals surface area (Å²) in [5.74, 6) is -1.03. The molecule has 2 N–H and O–H groups in total. The summed E-state index contributed by atoms with van der Waals surface area (Å²) in [5.41, 5.74) is 5.78. The fourth-order valence-electron chi connectivity index (χ4n) is 2.67. The molecule has 0 aromatic heterocycles. The first-order valence-corrected chi connectivity index (χ1v) is 10.1. The number of esters is 1. The molecule has 1 fully saturated rings. The van der Waals surface area contributed by atoms with Crippen molar-refractivity contribution in [1.82, 2.24) is 0 Å². The number of nitrogens with two attached hydrogens (primary N) is 1. The summed E-state index contributed by atoms with van der Waals surface area (Å²) in [6.45, 7) is 9.79. The molecule has 0 heterocycles. The molecule has 0 saturated heterocycles. The van der Waals surface area contributed by atoms with Crippen LogP contribution in [-0.2, 0) is 15.7 Å². The van der Waals surface area contributed by atoms with Gasteiger partial charge in [0.1, 0.15) is 5.70 Å². The number of allylic oxidation sites excluding steroid dienone is 1. The van der Waals surface area contributed by atoms with Gasteiger partial charge in [0.05, 0.1) is 29.8 Å². The molecule has 0 bridgehead atoms. The lowest BCUT2D eigenvalue weighted by molar-refractivity contribution is -0.139. The van der Waals surface area contributed by atoms with E-state index in [-0.39, 0.29) is 30.3 Å². The Morgan fingerprint density at radius 3 is 2.47 bits per heavy atom. The normalized spacial score (nSPS) is 18.8. The number of benzene rings is 1. The van der Waals surface area contributed by atoms with E-state index in [2.05, 4.69) is 11.1 Å². The van der Waals surface area contributed by atoms with Crippen LogP contribution in [0.25, 0.3) is 0 Å². The topological polar surface area (TPSA) is 88.5 Å². The number of hydrogen-bond donors (Lipinski definition) is 1. The zero-order valence-corrected chi connectivity index (χ0v) is 18.1. The van der Waals surface area contributed by atoms with Gasteiger partial charge in [-0.2, -0.15) is 18.4 Å². The van der Waals surface area contributed by atoms with Crippen molar-refractivity contribution < 1.29 is 22.7 Å². The van der Waals surface area contributed by atoms with Gasteiger partial charge < -0.3 is 10.5 Å². The lowest BCUT2D eigenvalue weighted by Gasteiger charge is -2.22. The van der Waals surface area contributed by atoms with E-state index in [4.69, 9.17) is 15.7 Å². The van der Waals surface area contributed by atoms with Gasteiger partial charge in [-0.1, -0.05) is 33.8 Å². The number of aliphatic imine (C=N–C) groups is 1. The number of nitrogens with zero attached hydrogens (tertiary/aromatic N) is 2. The van der Waals surface area contributed by atoms with E-state index in [9.17, 15) is 18.0 Å². The number of ether oxygens (including phenoxy) is 1. The molecule has 8 heteroatoms. The summed E-state index contributed by atoms with van der Waals surface area (Å²) in [7, 11) is 0. The van der Waals surface area contributed by atoms with E-state index in [1.54, 1.807) is 6.92 Å². The zero-order valence-electron chi connectivity index (χ0n) is 18.1. The number of carbonyl (C=O) groups is 1. The Bertz CT molecular complexity index is 794. The van der Waals surface area contributed by atoms with Crippen molar-refractivity contribution in [3.05, 3.63) is 41.1 Å². The molecule has 2 rings (SSSR count). The van der Waals surface area contributed by atoms with Crippen LogP contribution in [0.3, 0.4) is 0 Å². The Kier molecular flexibility index (Phi) is 12.2. The Morgan fingerprint density at radius 1 is 1.30 bits per heavy atom. The summed E-state index contributed by atoms with van der Waals surface area (Å²) < 4.78 is 43.5. The van der Waals surface area contributed by atoms with E-state index in [1.807, 2.05) is 27.7 Å². The maximum atomic E-state index is 12.9. The van der Waals surface area contributed by atoms with E-state index >= 15 is 0 Å². The second-order valence-electron chi connectivity index (χ2n) is 5.79. The Hall–Kier alpha value is -2.82. The summed E-state index contributed by atoms with van der Waals surface area (Å²) in [4.78, 5) is 16.2. The van der Waals surface area contributed by atoms with Gasteiger partial charge in [0.15, 0.2) is 0 Å². The van der Waals surface area contributed by atoms with Gasteiger partial charge in [0.25, 0.3) is 0 Å². The lowest BCUT2D eigenvalue weighted by Crippen LogP contribution is -2.25. The van der Waals surface area contributed by atoms with E-state index in [0.29, 0.717) is 24.1 Å². The average molecular weight is 425 g/mol.